The predicted octanol–water partition coefficient (Wildman–Crippen LogP) is 3.58. The zero-order valence-electron chi connectivity index (χ0n) is 14.3. The first kappa shape index (κ1) is 20.1. The fraction of sp³-hybridized carbons (Fsp3) is 0.263. The number of hydrogen-bond acceptors (Lipinski definition) is 4. The van der Waals surface area contributed by atoms with Gasteiger partial charge in [0.25, 0.3) is 5.91 Å². The first-order chi connectivity index (χ1) is 12.4. The standard InChI is InChI=1S/C19H19Cl2NO4/c1-13-2-7-16(21)17(10-13)25-12-19(24)26-11-18(23)22-9-8-14-3-5-15(20)6-4-14/h2-7,10H,8-9,11-12H2,1H3,(H,22,23). The lowest BCUT2D eigenvalue weighted by Gasteiger charge is -2.09. The molecule has 0 saturated carbocycles. The van der Waals surface area contributed by atoms with E-state index in [1.54, 1.807) is 24.3 Å². The minimum atomic E-state index is -0.643. The van der Waals surface area contributed by atoms with Gasteiger partial charge >= 0.3 is 5.97 Å². The van der Waals surface area contributed by atoms with E-state index in [-0.39, 0.29) is 19.1 Å². The topological polar surface area (TPSA) is 64.6 Å². The number of ether oxygens (including phenoxy) is 2. The summed E-state index contributed by atoms with van der Waals surface area (Å²) < 4.78 is 10.2. The van der Waals surface area contributed by atoms with Crippen molar-refractivity contribution in [2.75, 3.05) is 19.8 Å². The van der Waals surface area contributed by atoms with Crippen LogP contribution in [-0.4, -0.2) is 31.6 Å². The Kier molecular flexibility index (Phi) is 7.75. The van der Waals surface area contributed by atoms with Gasteiger partial charge in [0.05, 0.1) is 5.02 Å². The summed E-state index contributed by atoms with van der Waals surface area (Å²) in [5, 5.41) is 3.75. The van der Waals surface area contributed by atoms with Gasteiger partial charge in [-0.2, -0.15) is 0 Å². The molecule has 0 spiro atoms. The smallest absolute Gasteiger partial charge is 0.344 e. The predicted molar refractivity (Wildman–Crippen MR) is 101 cm³/mol. The van der Waals surface area contributed by atoms with Crippen LogP contribution in [0.4, 0.5) is 0 Å². The number of aryl methyl sites for hydroxylation is 1. The number of esters is 1. The van der Waals surface area contributed by atoms with E-state index in [1.807, 2.05) is 25.1 Å². The van der Waals surface area contributed by atoms with E-state index in [0.29, 0.717) is 28.8 Å². The molecule has 0 aliphatic carbocycles. The summed E-state index contributed by atoms with van der Waals surface area (Å²) in [6, 6.07) is 12.6. The number of carbonyl (C=O) groups excluding carboxylic acids is 2. The molecule has 2 aromatic carbocycles. The molecular formula is C19H19Cl2NO4. The van der Waals surface area contributed by atoms with Crippen molar-refractivity contribution in [3.05, 3.63) is 63.6 Å². The minimum Gasteiger partial charge on any atom is -0.480 e. The Morgan fingerprint density at radius 2 is 1.77 bits per heavy atom. The van der Waals surface area contributed by atoms with E-state index in [0.717, 1.165) is 11.1 Å². The van der Waals surface area contributed by atoms with Gasteiger partial charge in [0.1, 0.15) is 5.75 Å². The lowest BCUT2D eigenvalue weighted by atomic mass is 10.1. The Bertz CT molecular complexity index is 763. The van der Waals surface area contributed by atoms with E-state index >= 15 is 0 Å². The maximum absolute atomic E-state index is 11.7. The van der Waals surface area contributed by atoms with Gasteiger partial charge in [-0.3, -0.25) is 4.79 Å². The lowest BCUT2D eigenvalue weighted by molar-refractivity contribution is -0.150. The van der Waals surface area contributed by atoms with Gasteiger partial charge in [-0.1, -0.05) is 41.4 Å². The summed E-state index contributed by atoms with van der Waals surface area (Å²) in [5.41, 5.74) is 2.01. The van der Waals surface area contributed by atoms with Crippen LogP contribution in [0.15, 0.2) is 42.5 Å². The van der Waals surface area contributed by atoms with Crippen molar-refractivity contribution in [3.8, 4) is 5.75 Å². The van der Waals surface area contributed by atoms with E-state index < -0.39 is 5.97 Å². The maximum atomic E-state index is 11.7. The van der Waals surface area contributed by atoms with Crippen molar-refractivity contribution in [2.24, 2.45) is 0 Å². The molecule has 0 aliphatic heterocycles. The van der Waals surface area contributed by atoms with Crippen LogP contribution in [0, 0.1) is 6.92 Å². The van der Waals surface area contributed by atoms with Crippen LogP contribution >= 0.6 is 23.2 Å². The highest BCUT2D eigenvalue weighted by Crippen LogP contribution is 2.25. The minimum absolute atomic E-state index is 0.318. The third-order valence-electron chi connectivity index (χ3n) is 3.45. The number of hydrogen-bond donors (Lipinski definition) is 1. The molecule has 0 unspecified atom stereocenters. The van der Waals surface area contributed by atoms with E-state index in [2.05, 4.69) is 5.32 Å². The summed E-state index contributed by atoms with van der Waals surface area (Å²) in [6.07, 6.45) is 0.659. The van der Waals surface area contributed by atoms with Crippen LogP contribution in [0.2, 0.25) is 10.0 Å². The molecule has 2 aromatic rings. The van der Waals surface area contributed by atoms with Gasteiger partial charge in [-0.05, 0) is 48.7 Å². The molecule has 138 valence electrons. The highest BCUT2D eigenvalue weighted by molar-refractivity contribution is 6.32. The summed E-state index contributed by atoms with van der Waals surface area (Å²) >= 11 is 11.8. The zero-order chi connectivity index (χ0) is 18.9. The Morgan fingerprint density at radius 3 is 2.50 bits per heavy atom. The molecule has 0 heterocycles. The molecular weight excluding hydrogens is 377 g/mol. The van der Waals surface area contributed by atoms with Crippen LogP contribution in [0.25, 0.3) is 0 Å². The van der Waals surface area contributed by atoms with Gasteiger partial charge in [0, 0.05) is 11.6 Å². The molecule has 0 fully saturated rings. The largest absolute Gasteiger partial charge is 0.480 e. The van der Waals surface area contributed by atoms with Crippen LogP contribution < -0.4 is 10.1 Å². The third-order valence-corrected chi connectivity index (χ3v) is 4.01. The third kappa shape index (κ3) is 6.94. The zero-order valence-corrected chi connectivity index (χ0v) is 15.8. The number of carbonyl (C=O) groups is 2. The van der Waals surface area contributed by atoms with Crippen molar-refractivity contribution < 1.29 is 19.1 Å². The molecule has 5 nitrogen and oxygen atoms in total. The van der Waals surface area contributed by atoms with Crippen molar-refractivity contribution in [2.45, 2.75) is 13.3 Å². The van der Waals surface area contributed by atoms with Crippen LogP contribution in [-0.2, 0) is 20.7 Å². The monoisotopic (exact) mass is 395 g/mol. The highest BCUT2D eigenvalue weighted by Gasteiger charge is 2.10. The first-order valence-corrected chi connectivity index (χ1v) is 8.75. The maximum Gasteiger partial charge on any atom is 0.344 e. The van der Waals surface area contributed by atoms with Crippen molar-refractivity contribution in [1.82, 2.24) is 5.32 Å². The Morgan fingerprint density at radius 1 is 1.04 bits per heavy atom. The molecule has 0 bridgehead atoms. The molecule has 7 heteroatoms. The Labute approximate surface area is 162 Å². The first-order valence-electron chi connectivity index (χ1n) is 8.00. The molecule has 0 atom stereocenters. The summed E-state index contributed by atoms with van der Waals surface area (Å²) in [6.45, 7) is 1.65. The molecule has 0 aromatic heterocycles. The molecule has 1 amide bonds. The van der Waals surface area contributed by atoms with Crippen molar-refractivity contribution >= 4 is 35.1 Å². The average Bonchev–Trinajstić information content (AvgIpc) is 2.62. The van der Waals surface area contributed by atoms with Gasteiger partial charge in [0.2, 0.25) is 0 Å². The second-order valence-corrected chi connectivity index (χ2v) is 6.45. The van der Waals surface area contributed by atoms with E-state index in [4.69, 9.17) is 32.7 Å². The Hall–Kier alpha value is -2.24. The number of halogens is 2. The van der Waals surface area contributed by atoms with Gasteiger partial charge in [0.15, 0.2) is 13.2 Å². The highest BCUT2D eigenvalue weighted by atomic mass is 35.5. The number of rotatable bonds is 8. The van der Waals surface area contributed by atoms with Gasteiger partial charge in [-0.15, -0.1) is 0 Å². The fourth-order valence-corrected chi connectivity index (χ4v) is 2.39. The SMILES string of the molecule is Cc1ccc(Cl)c(OCC(=O)OCC(=O)NCCc2ccc(Cl)cc2)c1. The molecule has 0 saturated heterocycles. The second-order valence-electron chi connectivity index (χ2n) is 5.61. The normalized spacial score (nSPS) is 10.3. The van der Waals surface area contributed by atoms with Crippen molar-refractivity contribution in [3.63, 3.8) is 0 Å². The fourth-order valence-electron chi connectivity index (χ4n) is 2.09. The van der Waals surface area contributed by atoms with Crippen LogP contribution in [0.3, 0.4) is 0 Å². The number of amides is 1. The van der Waals surface area contributed by atoms with Crippen LogP contribution in [0.5, 0.6) is 5.75 Å². The average molecular weight is 396 g/mol. The number of benzene rings is 2. The quantitative estimate of drug-likeness (QED) is 0.693. The molecule has 26 heavy (non-hydrogen) atoms. The molecule has 0 aliphatic rings. The molecule has 0 radical (unpaired) electrons. The summed E-state index contributed by atoms with van der Waals surface area (Å²) in [5.74, 6) is -0.618. The second kappa shape index (κ2) is 10.0. The van der Waals surface area contributed by atoms with E-state index in [1.165, 1.54) is 0 Å². The number of nitrogens with one attached hydrogen (secondary N) is 1. The summed E-state index contributed by atoms with van der Waals surface area (Å²) in [7, 11) is 0. The van der Waals surface area contributed by atoms with Gasteiger partial charge < -0.3 is 14.8 Å². The van der Waals surface area contributed by atoms with E-state index in [9.17, 15) is 9.59 Å². The van der Waals surface area contributed by atoms with Gasteiger partial charge in [-0.25, -0.2) is 4.79 Å². The van der Waals surface area contributed by atoms with Crippen molar-refractivity contribution in [1.29, 1.82) is 0 Å². The molecule has 1 N–H and O–H groups in total. The Balaban J connectivity index is 1.64. The molecule has 2 rings (SSSR count). The summed E-state index contributed by atoms with van der Waals surface area (Å²) in [4.78, 5) is 23.4. The lowest BCUT2D eigenvalue weighted by Crippen LogP contribution is -2.31. The van der Waals surface area contributed by atoms with Crippen LogP contribution in [0.1, 0.15) is 11.1 Å².